The smallest absolute Gasteiger partial charge is 0.334 e. The molecule has 15 nitrogen and oxygen atoms in total. The molecule has 0 radical (unpaired) electrons. The van der Waals surface area contributed by atoms with Crippen molar-refractivity contribution in [1.29, 1.82) is 0 Å². The predicted octanol–water partition coefficient (Wildman–Crippen LogP) is 2.73. The average Bonchev–Trinajstić information content (AvgIpc) is 3.51. The van der Waals surface area contributed by atoms with Crippen molar-refractivity contribution in [2.45, 2.75) is 95.9 Å². The van der Waals surface area contributed by atoms with Crippen molar-refractivity contribution in [3.63, 3.8) is 0 Å². The number of imide groups is 2. The summed E-state index contributed by atoms with van der Waals surface area (Å²) in [4.78, 5) is 106. The molecule has 2 saturated heterocycles. The van der Waals surface area contributed by atoms with Crippen molar-refractivity contribution >= 4 is 65.5 Å². The molecule has 7 amide bonds. The molecule has 1 aromatic carbocycles. The highest BCUT2D eigenvalue weighted by Crippen LogP contribution is 2.23. The van der Waals surface area contributed by atoms with Gasteiger partial charge in [-0.05, 0) is 49.9 Å². The number of hydrogen-bond donors (Lipinski definition) is 3. The number of unbranched alkanes of at least 4 members (excludes halogenated alkanes) is 2. The lowest BCUT2D eigenvalue weighted by Gasteiger charge is -2.15. The maximum Gasteiger partial charge on any atom is 0.364 e. The quantitative estimate of drug-likeness (QED) is 0.0960. The number of rotatable bonds is 17. The Labute approximate surface area is 270 Å². The van der Waals surface area contributed by atoms with Gasteiger partial charge in [-0.1, -0.05) is 19.8 Å². The lowest BCUT2D eigenvalue weighted by atomic mass is 10.0. The van der Waals surface area contributed by atoms with Gasteiger partial charge in [0.25, 0.3) is 24.1 Å². The van der Waals surface area contributed by atoms with Crippen molar-refractivity contribution in [1.82, 2.24) is 20.8 Å². The third-order valence-corrected chi connectivity index (χ3v) is 8.15. The van der Waals surface area contributed by atoms with Crippen LogP contribution in [0.3, 0.4) is 0 Å². The van der Waals surface area contributed by atoms with Crippen LogP contribution in [-0.4, -0.2) is 76.0 Å². The minimum atomic E-state index is -0.956. The van der Waals surface area contributed by atoms with Crippen molar-refractivity contribution in [3.8, 4) is 0 Å². The fourth-order valence-corrected chi connectivity index (χ4v) is 5.59. The Morgan fingerprint density at radius 2 is 1.76 bits per heavy atom. The number of carbonyl (C=O) groups is 8. The molecule has 2 aliphatic rings. The van der Waals surface area contributed by atoms with Gasteiger partial charge >= 0.3 is 18.0 Å². The zero-order chi connectivity index (χ0) is 33.6. The van der Waals surface area contributed by atoms with Crippen LogP contribution >= 0.6 is 11.8 Å². The molecule has 0 bridgehead atoms. The second-order valence-corrected chi connectivity index (χ2v) is 12.0. The van der Waals surface area contributed by atoms with E-state index in [1.54, 1.807) is 13.0 Å². The number of benzene rings is 1. The number of urea groups is 1. The highest BCUT2D eigenvalue weighted by atomic mass is 32.2. The van der Waals surface area contributed by atoms with Crippen molar-refractivity contribution < 1.29 is 48.0 Å². The number of nitrogens with zero attached hydrogens (tertiary/aromatic N) is 2. The summed E-state index contributed by atoms with van der Waals surface area (Å²) < 4.78 is 0. The zero-order valence-electron chi connectivity index (χ0n) is 25.8. The summed E-state index contributed by atoms with van der Waals surface area (Å²) in [5.41, 5.74) is 0.882. The summed E-state index contributed by atoms with van der Waals surface area (Å²) in [7, 11) is 0. The van der Waals surface area contributed by atoms with Gasteiger partial charge in [0, 0.05) is 48.9 Å². The van der Waals surface area contributed by atoms with Crippen LogP contribution in [0, 0.1) is 0 Å². The van der Waals surface area contributed by atoms with Crippen LogP contribution in [0.1, 0.15) is 94.0 Å². The summed E-state index contributed by atoms with van der Waals surface area (Å²) in [5.74, 6) is -3.35. The first-order chi connectivity index (χ1) is 22.0. The standard InChI is InChI=1S/C30H39N5O10S/c1-3-7-25(38)34(18-36)44-28(41)12-13-46-17-20-14-21(29(42)45-35-26(39)10-11-27(35)40)16-22(15-20)32-24(37)9-6-4-5-8-23-19(2)31-30(43)33-23/h14-16,18-19,23H,3-13,17H2,1-2H3,(H,32,37)(H2,31,33,43). The number of hydrogen-bond acceptors (Lipinski definition) is 11. The molecule has 0 aromatic heterocycles. The van der Waals surface area contributed by atoms with E-state index in [1.807, 2.05) is 6.92 Å². The number of carbonyl (C=O) groups excluding carboxylic acids is 8. The summed E-state index contributed by atoms with van der Waals surface area (Å²) in [5, 5.41) is 9.26. The molecular weight excluding hydrogens is 622 g/mol. The van der Waals surface area contributed by atoms with E-state index in [1.165, 1.54) is 23.9 Å². The first-order valence-electron chi connectivity index (χ1n) is 15.2. The molecule has 2 atom stereocenters. The van der Waals surface area contributed by atoms with E-state index in [4.69, 9.17) is 9.68 Å². The van der Waals surface area contributed by atoms with Gasteiger partial charge in [0.1, 0.15) is 0 Å². The molecule has 0 saturated carbocycles. The number of thioether (sulfide) groups is 1. The Bertz CT molecular complexity index is 1320. The van der Waals surface area contributed by atoms with Crippen LogP contribution in [0.25, 0.3) is 0 Å². The summed E-state index contributed by atoms with van der Waals surface area (Å²) in [6, 6.07) is 4.45. The maximum absolute atomic E-state index is 12.9. The Balaban J connectivity index is 1.56. The molecule has 2 aliphatic heterocycles. The molecule has 3 N–H and O–H groups in total. The second kappa shape index (κ2) is 17.9. The Morgan fingerprint density at radius 3 is 2.41 bits per heavy atom. The van der Waals surface area contributed by atoms with Gasteiger partial charge in [-0.3, -0.25) is 24.0 Å². The lowest BCUT2D eigenvalue weighted by Crippen LogP contribution is -2.32. The van der Waals surface area contributed by atoms with Crippen molar-refractivity contribution in [2.75, 3.05) is 11.1 Å². The Morgan fingerprint density at radius 1 is 1.02 bits per heavy atom. The molecule has 2 heterocycles. The highest BCUT2D eigenvalue weighted by Gasteiger charge is 2.33. The normalized spacial score (nSPS) is 17.3. The minimum Gasteiger partial charge on any atom is -0.334 e. The van der Waals surface area contributed by atoms with E-state index in [2.05, 4.69) is 16.0 Å². The van der Waals surface area contributed by atoms with Crippen molar-refractivity contribution in [3.05, 3.63) is 29.3 Å². The number of amides is 7. The number of anilines is 1. The maximum atomic E-state index is 12.9. The van der Waals surface area contributed by atoms with Crippen LogP contribution < -0.4 is 16.0 Å². The molecule has 46 heavy (non-hydrogen) atoms. The summed E-state index contributed by atoms with van der Waals surface area (Å²) >= 11 is 1.29. The van der Waals surface area contributed by atoms with Gasteiger partial charge in [0.2, 0.25) is 5.91 Å². The molecule has 16 heteroatoms. The predicted molar refractivity (Wildman–Crippen MR) is 164 cm³/mol. The zero-order valence-corrected chi connectivity index (χ0v) is 26.7. The first kappa shape index (κ1) is 36.0. The van der Waals surface area contributed by atoms with Crippen LogP contribution in [0.15, 0.2) is 18.2 Å². The number of nitrogens with one attached hydrogen (secondary N) is 3. The molecule has 0 spiro atoms. The minimum absolute atomic E-state index is 0.00212. The van der Waals surface area contributed by atoms with E-state index >= 15 is 0 Å². The van der Waals surface area contributed by atoms with Crippen LogP contribution in [0.5, 0.6) is 0 Å². The molecular formula is C30H39N5O10S. The number of hydroxylamine groups is 4. The third kappa shape index (κ3) is 11.2. The molecule has 3 rings (SSSR count). The van der Waals surface area contributed by atoms with Crippen LogP contribution in [0.2, 0.25) is 0 Å². The Hall–Kier alpha value is -4.47. The second-order valence-electron chi connectivity index (χ2n) is 10.9. The van der Waals surface area contributed by atoms with Gasteiger partial charge in [-0.2, -0.15) is 11.8 Å². The molecule has 1 aromatic rings. The van der Waals surface area contributed by atoms with Crippen LogP contribution in [-0.2, 0) is 44.2 Å². The van der Waals surface area contributed by atoms with Crippen molar-refractivity contribution in [2.24, 2.45) is 0 Å². The van der Waals surface area contributed by atoms with E-state index in [-0.39, 0.29) is 79.6 Å². The van der Waals surface area contributed by atoms with Gasteiger partial charge in [-0.15, -0.1) is 10.1 Å². The van der Waals surface area contributed by atoms with Gasteiger partial charge < -0.3 is 25.6 Å². The third-order valence-electron chi connectivity index (χ3n) is 7.11. The van der Waals surface area contributed by atoms with E-state index in [0.29, 0.717) is 34.2 Å². The average molecular weight is 662 g/mol. The van der Waals surface area contributed by atoms with Gasteiger partial charge in [-0.25, -0.2) is 14.4 Å². The fraction of sp³-hybridized carbons (Fsp3) is 0.533. The highest BCUT2D eigenvalue weighted by molar-refractivity contribution is 7.98. The SMILES string of the molecule is CCCC(=O)N(C=O)OC(=O)CCSCc1cc(NC(=O)CCCCCC2NC(=O)NC2C)cc(C(=O)ON2C(=O)CCC2=O)c1. The van der Waals surface area contributed by atoms with E-state index in [9.17, 15) is 38.4 Å². The topological polar surface area (TPSA) is 198 Å². The molecule has 250 valence electrons. The van der Waals surface area contributed by atoms with Crippen LogP contribution in [0.4, 0.5) is 10.5 Å². The Kier molecular flexibility index (Phi) is 14.0. The van der Waals surface area contributed by atoms with Gasteiger partial charge in [0.15, 0.2) is 0 Å². The first-order valence-corrected chi connectivity index (χ1v) is 16.3. The van der Waals surface area contributed by atoms with E-state index < -0.39 is 29.7 Å². The monoisotopic (exact) mass is 661 g/mol. The largest absolute Gasteiger partial charge is 0.364 e. The molecule has 2 unspecified atom stereocenters. The van der Waals surface area contributed by atoms with E-state index in [0.717, 1.165) is 19.3 Å². The summed E-state index contributed by atoms with van der Waals surface area (Å²) in [6.07, 6.45) is 3.68. The molecule has 2 fully saturated rings. The molecule has 0 aliphatic carbocycles. The van der Waals surface area contributed by atoms with Gasteiger partial charge in [0.05, 0.1) is 18.0 Å². The lowest BCUT2D eigenvalue weighted by molar-refractivity contribution is -0.196. The fourth-order valence-electron chi connectivity index (χ4n) is 4.73. The summed E-state index contributed by atoms with van der Waals surface area (Å²) in [6.45, 7) is 3.68.